The van der Waals surface area contributed by atoms with Crippen LogP contribution < -0.4 is 22.1 Å². The van der Waals surface area contributed by atoms with Gasteiger partial charge in [-0.1, -0.05) is 12.8 Å². The Morgan fingerprint density at radius 1 is 1.05 bits per heavy atom. The number of rotatable bonds is 1. The minimum atomic E-state index is -1.39. The number of Topliss-reactive ketones (excluding diaryl/α,β-unsaturated/α-hetero) is 1. The maximum absolute atomic E-state index is 10.8. The number of carbonyl (C=O) groups is 4. The van der Waals surface area contributed by atoms with Gasteiger partial charge in [0.2, 0.25) is 11.8 Å². The van der Waals surface area contributed by atoms with E-state index in [1.807, 2.05) is 10.6 Å². The molecule has 1 saturated heterocycles. The molecule has 2 aliphatic rings. The molecule has 0 spiro atoms. The Morgan fingerprint density at radius 3 is 1.68 bits per heavy atom. The van der Waals surface area contributed by atoms with Crippen LogP contribution in [0.3, 0.4) is 0 Å². The minimum absolute atomic E-state index is 0.281. The van der Waals surface area contributed by atoms with Crippen molar-refractivity contribution in [3.63, 3.8) is 0 Å². The van der Waals surface area contributed by atoms with E-state index in [0.29, 0.717) is 0 Å². The number of hydrogen-bond acceptors (Lipinski definition) is 7. The molecule has 22 heavy (non-hydrogen) atoms. The number of imide groups is 2. The third-order valence-corrected chi connectivity index (χ3v) is 3.28. The summed E-state index contributed by atoms with van der Waals surface area (Å²) < 4.78 is 6.97. The van der Waals surface area contributed by atoms with Gasteiger partial charge in [-0.2, -0.15) is 0 Å². The zero-order chi connectivity index (χ0) is 17.3. The molecule has 0 radical (unpaired) electrons. The topological polar surface area (TPSA) is 165 Å². The van der Waals surface area contributed by atoms with Gasteiger partial charge in [-0.15, -0.1) is 0 Å². The van der Waals surface area contributed by atoms with E-state index in [0.717, 1.165) is 40.0 Å². The fourth-order valence-electron chi connectivity index (χ4n) is 2.08. The van der Waals surface area contributed by atoms with E-state index >= 15 is 0 Å². The first-order chi connectivity index (χ1) is 10.3. The third kappa shape index (κ3) is 6.74. The fourth-order valence-corrected chi connectivity index (χ4v) is 2.08. The van der Waals surface area contributed by atoms with Crippen molar-refractivity contribution in [2.45, 2.75) is 44.7 Å². The first kappa shape index (κ1) is 20.8. The Hall–Kier alpha value is -1.15. The van der Waals surface area contributed by atoms with E-state index in [9.17, 15) is 19.2 Å². The van der Waals surface area contributed by atoms with Crippen molar-refractivity contribution in [2.24, 2.45) is 17.4 Å². The van der Waals surface area contributed by atoms with E-state index in [1.54, 1.807) is 0 Å². The molecule has 1 aliphatic carbocycles. The van der Waals surface area contributed by atoms with Crippen LogP contribution in [-0.2, 0) is 34.6 Å². The van der Waals surface area contributed by atoms with E-state index in [2.05, 4.69) is 0 Å². The Bertz CT molecular complexity index is 402. The number of ketones is 1. The van der Waals surface area contributed by atoms with Crippen molar-refractivity contribution in [3.8, 4) is 0 Å². The van der Waals surface area contributed by atoms with Gasteiger partial charge < -0.3 is 11.5 Å². The van der Waals surface area contributed by atoms with Crippen molar-refractivity contribution in [2.75, 3.05) is 0 Å². The second-order valence-electron chi connectivity index (χ2n) is 4.96. The van der Waals surface area contributed by atoms with Gasteiger partial charge in [0.05, 0.1) is 0 Å². The molecular weight excluding hydrogens is 475 g/mol. The molecule has 1 heterocycles. The van der Waals surface area contributed by atoms with E-state index in [1.165, 1.54) is 12.8 Å². The van der Waals surface area contributed by atoms with Crippen LogP contribution >= 0.6 is 0 Å². The number of amides is 4. The number of nitrogens with one attached hydrogen (secondary N) is 2. The Balaban J connectivity index is 0.000000382. The zero-order valence-corrected chi connectivity index (χ0v) is 14.4. The molecule has 4 amide bonds. The molecule has 2 fully saturated rings. The Labute approximate surface area is 139 Å². The summed E-state index contributed by atoms with van der Waals surface area (Å²) in [4.78, 5) is 42.9. The number of carbonyl (C=O) groups excluding carboxylic acids is 4. The molecule has 0 aromatic carbocycles. The van der Waals surface area contributed by atoms with Gasteiger partial charge in [-0.05, 0) is 19.8 Å². The maximum atomic E-state index is 10.8. The molecule has 2 atom stereocenters. The Kier molecular flexibility index (Phi) is 10.0. The molecule has 9 nitrogen and oxygen atoms in total. The normalized spacial score (nSPS) is 24.9. The molecule has 2 rings (SSSR count). The van der Waals surface area contributed by atoms with Crippen LogP contribution in [0.25, 0.3) is 0 Å². The van der Waals surface area contributed by atoms with Gasteiger partial charge in [-0.25, -0.2) is 4.79 Å². The standard InChI is InChI=1S/C6H6N2O4.C6H14N2.H2O.Pt/c1-2(9)3-4(10)7-6(12)8-5(3)11;7-5-3-1-2-4-6(5)8;;/h3H,1H3,(H2,7,8,10,11,12);5-6H,1-4,7-8H2;1H2;/q;;;+1/p-1/t;5-,6-;;/m.1../s1. The summed E-state index contributed by atoms with van der Waals surface area (Å²) in [5.74, 6) is -3.70. The van der Waals surface area contributed by atoms with E-state index < -0.39 is 29.5 Å². The van der Waals surface area contributed by atoms with Crippen molar-refractivity contribution < 1.29 is 43.1 Å². The molecule has 0 aromatic heterocycles. The molecule has 0 aromatic rings. The molecule has 1 aliphatic heterocycles. The first-order valence-electron chi connectivity index (χ1n) is 6.64. The van der Waals surface area contributed by atoms with Crippen LogP contribution in [0.15, 0.2) is 0 Å². The van der Waals surface area contributed by atoms with Gasteiger partial charge in [0.15, 0.2) is 11.7 Å². The monoisotopic (exact) mass is 496 g/mol. The summed E-state index contributed by atoms with van der Waals surface area (Å²) in [6.07, 6.45) is 4.80. The summed E-state index contributed by atoms with van der Waals surface area (Å²) in [6.45, 7) is 1.11. The second kappa shape index (κ2) is 10.6. The summed E-state index contributed by atoms with van der Waals surface area (Å²) in [5.41, 5.74) is 11.3. The molecule has 10 heteroatoms. The van der Waals surface area contributed by atoms with Crippen molar-refractivity contribution >= 4 is 23.6 Å². The zero-order valence-electron chi connectivity index (χ0n) is 12.1. The predicted octanol–water partition coefficient (Wildman–Crippen LogP) is -1.79. The number of hydrogen-bond donors (Lipinski definition) is 5. The molecule has 0 unspecified atom stereocenters. The van der Waals surface area contributed by atoms with Crippen molar-refractivity contribution in [1.82, 2.24) is 10.6 Å². The van der Waals surface area contributed by atoms with Crippen LogP contribution in [0.1, 0.15) is 32.6 Å². The number of urea groups is 1. The predicted molar refractivity (Wildman–Crippen MR) is 72.5 cm³/mol. The average Bonchev–Trinajstić information content (AvgIpc) is 2.43. The van der Waals surface area contributed by atoms with Gasteiger partial charge in [0.1, 0.15) is 0 Å². The van der Waals surface area contributed by atoms with Crippen LogP contribution in [0.5, 0.6) is 0 Å². The summed E-state index contributed by atoms with van der Waals surface area (Å²) in [6, 6.07) is -0.324. The average molecular weight is 496 g/mol. The quantitative estimate of drug-likeness (QED) is 0.268. The van der Waals surface area contributed by atoms with E-state index in [-0.39, 0.29) is 12.1 Å². The first-order valence-corrected chi connectivity index (χ1v) is 7.66. The molecule has 7 N–H and O–H groups in total. The second-order valence-corrected chi connectivity index (χ2v) is 4.96. The van der Waals surface area contributed by atoms with Crippen LogP contribution in [0, 0.1) is 5.92 Å². The van der Waals surface area contributed by atoms with E-state index in [4.69, 9.17) is 15.2 Å². The fraction of sp³-hybridized carbons (Fsp3) is 0.667. The summed E-state index contributed by atoms with van der Waals surface area (Å²) in [5, 5.41) is 3.62. The number of barbiturate groups is 1. The third-order valence-electron chi connectivity index (χ3n) is 3.28. The van der Waals surface area contributed by atoms with Gasteiger partial charge >= 0.3 is 30.0 Å². The summed E-state index contributed by atoms with van der Waals surface area (Å²) in [7, 11) is 0. The van der Waals surface area contributed by atoms with Crippen molar-refractivity contribution in [1.29, 1.82) is 0 Å². The molecule has 1 saturated carbocycles. The molecule has 129 valence electrons. The van der Waals surface area contributed by atoms with Gasteiger partial charge in [0, 0.05) is 12.1 Å². The van der Waals surface area contributed by atoms with Crippen LogP contribution in [-0.4, -0.2) is 39.5 Å². The van der Waals surface area contributed by atoms with Gasteiger partial charge in [-0.3, -0.25) is 25.0 Å². The SMILES string of the molecule is CC(=O)C1C(=O)NC(=O)NC1=O.N[C@@H]1CCCC[C@H]1N.[OH][Pt]. The van der Waals surface area contributed by atoms with Crippen molar-refractivity contribution in [3.05, 3.63) is 0 Å². The Morgan fingerprint density at radius 2 is 1.41 bits per heavy atom. The van der Waals surface area contributed by atoms with Gasteiger partial charge in [0.25, 0.3) is 0 Å². The number of nitrogens with two attached hydrogens (primary N) is 2. The molecular formula is C12H21N4O5Pt. The summed E-state index contributed by atoms with van der Waals surface area (Å²) >= 11 is 1.14. The van der Waals surface area contributed by atoms with Crippen LogP contribution in [0.2, 0.25) is 0 Å². The van der Waals surface area contributed by atoms with Crippen LogP contribution in [0.4, 0.5) is 4.79 Å². The molecule has 0 bridgehead atoms.